The summed E-state index contributed by atoms with van der Waals surface area (Å²) in [7, 11) is 0. The van der Waals surface area contributed by atoms with Crippen LogP contribution in [0, 0.1) is 5.92 Å². The molecule has 1 atom stereocenters. The first-order chi connectivity index (χ1) is 10.1. The van der Waals surface area contributed by atoms with Gasteiger partial charge in [0.1, 0.15) is 0 Å². The molecule has 0 radical (unpaired) electrons. The fourth-order valence-electron chi connectivity index (χ4n) is 3.50. The van der Waals surface area contributed by atoms with Gasteiger partial charge in [0.25, 0.3) is 0 Å². The molecule has 0 aromatic carbocycles. The maximum Gasteiger partial charge on any atom is 0.306 e. The normalized spacial score (nSPS) is 28.7. The van der Waals surface area contributed by atoms with Crippen molar-refractivity contribution < 1.29 is 14.7 Å². The Balaban J connectivity index is 1.77. The van der Waals surface area contributed by atoms with Crippen molar-refractivity contribution in [1.29, 1.82) is 0 Å². The molecule has 120 valence electrons. The number of rotatable bonds is 4. The van der Waals surface area contributed by atoms with Gasteiger partial charge in [0.15, 0.2) is 0 Å². The second kappa shape index (κ2) is 7.78. The number of nitrogens with zero attached hydrogens (tertiary/aromatic N) is 1. The number of carbonyl (C=O) groups is 2. The van der Waals surface area contributed by atoms with Gasteiger partial charge in [-0.25, -0.2) is 0 Å². The summed E-state index contributed by atoms with van der Waals surface area (Å²) in [6.45, 7) is 3.71. The van der Waals surface area contributed by atoms with Crippen molar-refractivity contribution in [2.45, 2.75) is 70.4 Å². The number of hydrogen-bond acceptors (Lipinski definition) is 3. The van der Waals surface area contributed by atoms with E-state index in [4.69, 9.17) is 5.11 Å². The molecule has 1 aliphatic heterocycles. The number of hydrogen-bond donors (Lipinski definition) is 2. The minimum atomic E-state index is -0.679. The standard InChI is InChI=1S/C16H28N2O3/c1-12(15(19)18-10-4-2-3-5-11-18)17-14-8-6-13(7-9-14)16(20)21/h12-14,17H,2-11H2,1H3,(H,20,21). The fraction of sp³-hybridized carbons (Fsp3) is 0.875. The fourth-order valence-corrected chi connectivity index (χ4v) is 3.50. The molecule has 2 aliphatic rings. The smallest absolute Gasteiger partial charge is 0.306 e. The Bertz CT molecular complexity index is 357. The molecule has 2 rings (SSSR count). The summed E-state index contributed by atoms with van der Waals surface area (Å²) in [4.78, 5) is 25.4. The number of carboxylic acid groups (broad SMARTS) is 1. The van der Waals surface area contributed by atoms with Gasteiger partial charge in [0, 0.05) is 19.1 Å². The van der Waals surface area contributed by atoms with Gasteiger partial charge in [-0.2, -0.15) is 0 Å². The van der Waals surface area contributed by atoms with Gasteiger partial charge in [-0.05, 0) is 45.4 Å². The molecule has 0 spiro atoms. The van der Waals surface area contributed by atoms with E-state index in [0.29, 0.717) is 0 Å². The van der Waals surface area contributed by atoms with E-state index in [1.165, 1.54) is 12.8 Å². The highest BCUT2D eigenvalue weighted by atomic mass is 16.4. The van der Waals surface area contributed by atoms with Crippen LogP contribution in [0.1, 0.15) is 58.3 Å². The van der Waals surface area contributed by atoms with Crippen LogP contribution in [0.5, 0.6) is 0 Å². The van der Waals surface area contributed by atoms with Crippen LogP contribution in [0.2, 0.25) is 0 Å². The summed E-state index contributed by atoms with van der Waals surface area (Å²) < 4.78 is 0. The second-order valence-corrected chi connectivity index (χ2v) is 6.51. The van der Waals surface area contributed by atoms with Crippen LogP contribution in [0.25, 0.3) is 0 Å². The Morgan fingerprint density at radius 2 is 1.62 bits per heavy atom. The predicted molar refractivity (Wildman–Crippen MR) is 81.0 cm³/mol. The van der Waals surface area contributed by atoms with E-state index >= 15 is 0 Å². The molecular weight excluding hydrogens is 268 g/mol. The van der Waals surface area contributed by atoms with Gasteiger partial charge < -0.3 is 15.3 Å². The predicted octanol–water partition coefficient (Wildman–Crippen LogP) is 2.01. The highest BCUT2D eigenvalue weighted by Crippen LogP contribution is 2.24. The molecule has 1 saturated carbocycles. The average molecular weight is 296 g/mol. The van der Waals surface area contributed by atoms with Gasteiger partial charge in [-0.3, -0.25) is 9.59 Å². The largest absolute Gasteiger partial charge is 0.481 e. The first-order valence-corrected chi connectivity index (χ1v) is 8.35. The van der Waals surface area contributed by atoms with Crippen molar-refractivity contribution in [2.24, 2.45) is 5.92 Å². The van der Waals surface area contributed by atoms with Crippen LogP contribution in [-0.4, -0.2) is 47.1 Å². The highest BCUT2D eigenvalue weighted by molar-refractivity contribution is 5.81. The van der Waals surface area contributed by atoms with E-state index < -0.39 is 5.97 Å². The van der Waals surface area contributed by atoms with Gasteiger partial charge in [0.05, 0.1) is 12.0 Å². The Morgan fingerprint density at radius 1 is 1.05 bits per heavy atom. The molecule has 21 heavy (non-hydrogen) atoms. The zero-order valence-corrected chi connectivity index (χ0v) is 13.0. The third kappa shape index (κ3) is 4.70. The van der Waals surface area contributed by atoms with Crippen molar-refractivity contribution in [3.05, 3.63) is 0 Å². The van der Waals surface area contributed by atoms with Crippen LogP contribution in [0.15, 0.2) is 0 Å². The lowest BCUT2D eigenvalue weighted by atomic mass is 9.86. The van der Waals surface area contributed by atoms with E-state index in [1.807, 2.05) is 11.8 Å². The van der Waals surface area contributed by atoms with Crippen LogP contribution in [0.4, 0.5) is 0 Å². The Labute approximate surface area is 127 Å². The lowest BCUT2D eigenvalue weighted by molar-refractivity contribution is -0.143. The Kier molecular flexibility index (Phi) is 6.03. The summed E-state index contributed by atoms with van der Waals surface area (Å²) in [5.41, 5.74) is 0. The number of carbonyl (C=O) groups excluding carboxylic acids is 1. The first-order valence-electron chi connectivity index (χ1n) is 8.35. The van der Waals surface area contributed by atoms with Crippen LogP contribution < -0.4 is 5.32 Å². The van der Waals surface area contributed by atoms with Crippen LogP contribution in [-0.2, 0) is 9.59 Å². The number of nitrogens with one attached hydrogen (secondary N) is 1. The molecule has 1 unspecified atom stereocenters. The first kappa shape index (κ1) is 16.3. The van der Waals surface area contributed by atoms with E-state index in [1.54, 1.807) is 0 Å². The summed E-state index contributed by atoms with van der Waals surface area (Å²) in [5.74, 6) is -0.668. The van der Waals surface area contributed by atoms with Crippen LogP contribution >= 0.6 is 0 Å². The summed E-state index contributed by atoms with van der Waals surface area (Å²) in [5, 5.41) is 12.4. The van der Waals surface area contributed by atoms with Gasteiger partial charge in [-0.15, -0.1) is 0 Å². The number of likely N-dealkylation sites (tertiary alicyclic amines) is 1. The third-order valence-corrected chi connectivity index (χ3v) is 4.85. The van der Waals surface area contributed by atoms with Crippen LogP contribution in [0.3, 0.4) is 0 Å². The topological polar surface area (TPSA) is 69.6 Å². The molecule has 0 bridgehead atoms. The van der Waals surface area contributed by atoms with Crippen molar-refractivity contribution in [1.82, 2.24) is 10.2 Å². The average Bonchev–Trinajstić information content (AvgIpc) is 2.76. The quantitative estimate of drug-likeness (QED) is 0.832. The SMILES string of the molecule is CC(NC1CCC(C(=O)O)CC1)C(=O)N1CCCCCC1. The molecule has 2 fully saturated rings. The molecule has 0 aromatic heterocycles. The molecule has 2 N–H and O–H groups in total. The molecular formula is C16H28N2O3. The molecule has 5 heteroatoms. The summed E-state index contributed by atoms with van der Waals surface area (Å²) >= 11 is 0. The van der Waals surface area contributed by atoms with Gasteiger partial charge in [-0.1, -0.05) is 12.8 Å². The number of aliphatic carboxylic acids is 1. The zero-order valence-electron chi connectivity index (χ0n) is 13.0. The van der Waals surface area contributed by atoms with E-state index in [-0.39, 0.29) is 23.9 Å². The molecule has 0 aromatic rings. The van der Waals surface area contributed by atoms with Crippen molar-refractivity contribution in [3.8, 4) is 0 Å². The molecule has 1 aliphatic carbocycles. The van der Waals surface area contributed by atoms with E-state index in [0.717, 1.165) is 51.6 Å². The maximum atomic E-state index is 12.5. The minimum absolute atomic E-state index is 0.158. The van der Waals surface area contributed by atoms with Gasteiger partial charge >= 0.3 is 5.97 Å². The number of amides is 1. The number of carboxylic acids is 1. The van der Waals surface area contributed by atoms with Crippen molar-refractivity contribution in [3.63, 3.8) is 0 Å². The molecule has 1 saturated heterocycles. The maximum absolute atomic E-state index is 12.5. The highest BCUT2D eigenvalue weighted by Gasteiger charge is 2.29. The Morgan fingerprint density at radius 3 is 2.14 bits per heavy atom. The van der Waals surface area contributed by atoms with Crippen molar-refractivity contribution >= 4 is 11.9 Å². The lowest BCUT2D eigenvalue weighted by Gasteiger charge is -2.31. The van der Waals surface area contributed by atoms with Crippen molar-refractivity contribution in [2.75, 3.05) is 13.1 Å². The summed E-state index contributed by atoms with van der Waals surface area (Å²) in [6, 6.07) is 0.126. The third-order valence-electron chi connectivity index (χ3n) is 4.85. The minimum Gasteiger partial charge on any atom is -0.481 e. The Hall–Kier alpha value is -1.10. The van der Waals surface area contributed by atoms with Gasteiger partial charge in [0.2, 0.25) is 5.91 Å². The molecule has 1 heterocycles. The molecule has 1 amide bonds. The molecule has 5 nitrogen and oxygen atoms in total. The second-order valence-electron chi connectivity index (χ2n) is 6.51. The lowest BCUT2D eigenvalue weighted by Crippen LogP contribution is -2.49. The van der Waals surface area contributed by atoms with E-state index in [2.05, 4.69) is 5.32 Å². The monoisotopic (exact) mass is 296 g/mol. The zero-order chi connectivity index (χ0) is 15.2. The van der Waals surface area contributed by atoms with E-state index in [9.17, 15) is 9.59 Å². The summed E-state index contributed by atoms with van der Waals surface area (Å²) in [6.07, 6.45) is 7.83.